The molecule has 3 rings (SSSR count). The van der Waals surface area contributed by atoms with Crippen LogP contribution in [0.3, 0.4) is 0 Å². The minimum absolute atomic E-state index is 0.274. The fourth-order valence-corrected chi connectivity index (χ4v) is 2.96. The number of nitrogens with one attached hydrogen (secondary N) is 1. The Morgan fingerprint density at radius 1 is 0.731 bits per heavy atom. The Morgan fingerprint density at radius 2 is 1.27 bits per heavy atom. The van der Waals surface area contributed by atoms with Gasteiger partial charge in [0, 0.05) is 37.4 Å². The van der Waals surface area contributed by atoms with Crippen molar-refractivity contribution in [2.45, 2.75) is 12.4 Å². The van der Waals surface area contributed by atoms with Gasteiger partial charge in [-0.15, -0.1) is 0 Å². The van der Waals surface area contributed by atoms with Gasteiger partial charge >= 0.3 is 12.4 Å². The quantitative estimate of drug-likeness (QED) is 0.760. The molecule has 1 saturated heterocycles. The molecule has 2 nitrogen and oxygen atoms in total. The van der Waals surface area contributed by atoms with Crippen molar-refractivity contribution in [1.82, 2.24) is 5.32 Å². The molecule has 0 aliphatic carbocycles. The normalized spacial score (nSPS) is 16.0. The Morgan fingerprint density at radius 3 is 1.81 bits per heavy atom. The maximum Gasteiger partial charge on any atom is 0.416 e. The monoisotopic (exact) mass is 374 g/mol. The van der Waals surface area contributed by atoms with E-state index < -0.39 is 23.5 Å². The molecule has 0 amide bonds. The Kier molecular flexibility index (Phi) is 4.88. The van der Waals surface area contributed by atoms with Crippen LogP contribution in [-0.2, 0) is 12.4 Å². The first kappa shape index (κ1) is 18.6. The van der Waals surface area contributed by atoms with E-state index in [-0.39, 0.29) is 5.56 Å². The highest BCUT2D eigenvalue weighted by Crippen LogP contribution is 2.39. The summed E-state index contributed by atoms with van der Waals surface area (Å²) in [7, 11) is 0. The fourth-order valence-electron chi connectivity index (χ4n) is 2.96. The molecule has 1 heterocycles. The number of piperazine rings is 1. The standard InChI is InChI=1S/C18H16F6N2/c19-17(20,21)13-3-1-12(2-4-13)15-11-14(18(22,23)24)5-6-16(15)26-9-7-25-8-10-26/h1-6,11,25H,7-10H2. The number of nitrogens with zero attached hydrogens (tertiary/aromatic N) is 1. The topological polar surface area (TPSA) is 15.3 Å². The van der Waals surface area contributed by atoms with Crippen LogP contribution in [0.5, 0.6) is 0 Å². The molecule has 1 fully saturated rings. The minimum Gasteiger partial charge on any atom is -0.368 e. The summed E-state index contributed by atoms with van der Waals surface area (Å²) in [5.74, 6) is 0. The smallest absolute Gasteiger partial charge is 0.368 e. The van der Waals surface area contributed by atoms with Gasteiger partial charge in [-0.05, 0) is 35.9 Å². The predicted octanol–water partition coefficient (Wildman–Crippen LogP) is 4.80. The lowest BCUT2D eigenvalue weighted by atomic mass is 9.98. The molecule has 1 N–H and O–H groups in total. The lowest BCUT2D eigenvalue weighted by Gasteiger charge is -2.31. The number of benzene rings is 2. The summed E-state index contributed by atoms with van der Waals surface area (Å²) in [4.78, 5) is 1.93. The molecule has 8 heteroatoms. The maximum atomic E-state index is 13.1. The Labute approximate surface area is 146 Å². The molecule has 2 aromatic rings. The van der Waals surface area contributed by atoms with Gasteiger partial charge in [0.1, 0.15) is 0 Å². The highest BCUT2D eigenvalue weighted by atomic mass is 19.4. The van der Waals surface area contributed by atoms with Gasteiger partial charge in [-0.1, -0.05) is 12.1 Å². The van der Waals surface area contributed by atoms with Crippen LogP contribution >= 0.6 is 0 Å². The molecule has 1 aliphatic rings. The summed E-state index contributed by atoms with van der Waals surface area (Å²) in [6, 6.07) is 7.59. The summed E-state index contributed by atoms with van der Waals surface area (Å²) in [5.41, 5.74) is -0.490. The lowest BCUT2D eigenvalue weighted by molar-refractivity contribution is -0.138. The van der Waals surface area contributed by atoms with E-state index >= 15 is 0 Å². The zero-order valence-corrected chi connectivity index (χ0v) is 13.6. The summed E-state index contributed by atoms with van der Waals surface area (Å²) in [6.45, 7) is 2.60. The number of rotatable bonds is 2. The average molecular weight is 374 g/mol. The Balaban J connectivity index is 2.07. The van der Waals surface area contributed by atoms with Gasteiger partial charge < -0.3 is 10.2 Å². The van der Waals surface area contributed by atoms with Gasteiger partial charge in [-0.2, -0.15) is 26.3 Å². The van der Waals surface area contributed by atoms with E-state index in [4.69, 9.17) is 0 Å². The third-order valence-corrected chi connectivity index (χ3v) is 4.30. The van der Waals surface area contributed by atoms with Gasteiger partial charge in [-0.25, -0.2) is 0 Å². The van der Waals surface area contributed by atoms with E-state index in [0.717, 1.165) is 24.3 Å². The van der Waals surface area contributed by atoms with E-state index in [0.29, 0.717) is 37.4 Å². The van der Waals surface area contributed by atoms with E-state index in [2.05, 4.69) is 5.32 Å². The molecule has 0 bridgehead atoms. The van der Waals surface area contributed by atoms with Gasteiger partial charge in [0.25, 0.3) is 0 Å². The van der Waals surface area contributed by atoms with Crippen LogP contribution in [0.1, 0.15) is 11.1 Å². The van der Waals surface area contributed by atoms with Crippen LogP contribution in [0.25, 0.3) is 11.1 Å². The maximum absolute atomic E-state index is 13.1. The molecule has 0 spiro atoms. The van der Waals surface area contributed by atoms with Crippen molar-refractivity contribution < 1.29 is 26.3 Å². The van der Waals surface area contributed by atoms with Gasteiger partial charge in [0.15, 0.2) is 0 Å². The first-order valence-corrected chi connectivity index (χ1v) is 8.01. The van der Waals surface area contributed by atoms with Crippen LogP contribution in [0, 0.1) is 0 Å². The van der Waals surface area contributed by atoms with Crippen molar-refractivity contribution in [3.63, 3.8) is 0 Å². The molecule has 0 atom stereocenters. The lowest BCUT2D eigenvalue weighted by Crippen LogP contribution is -2.43. The molecule has 0 radical (unpaired) electrons. The van der Waals surface area contributed by atoms with Crippen LogP contribution in [-0.4, -0.2) is 26.2 Å². The van der Waals surface area contributed by atoms with Gasteiger partial charge in [0.05, 0.1) is 11.1 Å². The molecule has 0 unspecified atom stereocenters. The van der Waals surface area contributed by atoms with E-state index in [9.17, 15) is 26.3 Å². The van der Waals surface area contributed by atoms with Crippen molar-refractivity contribution in [2.75, 3.05) is 31.1 Å². The Hall–Kier alpha value is -2.22. The van der Waals surface area contributed by atoms with Crippen molar-refractivity contribution in [2.24, 2.45) is 0 Å². The van der Waals surface area contributed by atoms with Crippen molar-refractivity contribution in [1.29, 1.82) is 0 Å². The second-order valence-electron chi connectivity index (χ2n) is 6.04. The zero-order chi connectivity index (χ0) is 18.9. The summed E-state index contributed by atoms with van der Waals surface area (Å²) in [6.07, 6.45) is -9.02. The molecule has 0 saturated carbocycles. The van der Waals surface area contributed by atoms with Crippen molar-refractivity contribution >= 4 is 5.69 Å². The number of hydrogen-bond donors (Lipinski definition) is 1. The van der Waals surface area contributed by atoms with Crippen LogP contribution in [0.15, 0.2) is 42.5 Å². The molecule has 2 aromatic carbocycles. The number of alkyl halides is 6. The SMILES string of the molecule is FC(F)(F)c1ccc(-c2cc(C(F)(F)F)ccc2N2CCNCC2)cc1. The molecule has 26 heavy (non-hydrogen) atoms. The second kappa shape index (κ2) is 6.83. The molecule has 1 aliphatic heterocycles. The van der Waals surface area contributed by atoms with Gasteiger partial charge in [0.2, 0.25) is 0 Å². The molecular weight excluding hydrogens is 358 g/mol. The second-order valence-corrected chi connectivity index (χ2v) is 6.04. The summed E-state index contributed by atoms with van der Waals surface area (Å²) in [5, 5.41) is 3.16. The Bertz CT molecular complexity index is 759. The predicted molar refractivity (Wildman–Crippen MR) is 87.0 cm³/mol. The van der Waals surface area contributed by atoms with Gasteiger partial charge in [-0.3, -0.25) is 0 Å². The highest BCUT2D eigenvalue weighted by molar-refractivity contribution is 5.79. The summed E-state index contributed by atoms with van der Waals surface area (Å²) < 4.78 is 77.6. The number of halogens is 6. The average Bonchev–Trinajstić information content (AvgIpc) is 2.60. The van der Waals surface area contributed by atoms with E-state index in [1.165, 1.54) is 18.2 Å². The largest absolute Gasteiger partial charge is 0.416 e. The van der Waals surface area contributed by atoms with E-state index in [1.54, 1.807) is 0 Å². The van der Waals surface area contributed by atoms with Crippen molar-refractivity contribution in [3.05, 3.63) is 53.6 Å². The first-order valence-electron chi connectivity index (χ1n) is 8.01. The highest BCUT2D eigenvalue weighted by Gasteiger charge is 2.32. The van der Waals surface area contributed by atoms with E-state index in [1.807, 2.05) is 4.90 Å². The molecular formula is C18H16F6N2. The number of anilines is 1. The fraction of sp³-hybridized carbons (Fsp3) is 0.333. The third kappa shape index (κ3) is 3.95. The number of hydrogen-bond acceptors (Lipinski definition) is 2. The molecule has 140 valence electrons. The molecule has 0 aromatic heterocycles. The third-order valence-electron chi connectivity index (χ3n) is 4.30. The van der Waals surface area contributed by atoms with Crippen LogP contribution in [0.4, 0.5) is 32.0 Å². The summed E-state index contributed by atoms with van der Waals surface area (Å²) >= 11 is 0. The minimum atomic E-state index is -4.53. The van der Waals surface area contributed by atoms with Crippen LogP contribution in [0.2, 0.25) is 0 Å². The van der Waals surface area contributed by atoms with Crippen molar-refractivity contribution in [3.8, 4) is 11.1 Å². The zero-order valence-electron chi connectivity index (χ0n) is 13.6. The van der Waals surface area contributed by atoms with Crippen LogP contribution < -0.4 is 10.2 Å². The first-order chi connectivity index (χ1) is 12.2.